The zero-order chi connectivity index (χ0) is 29.6. The Morgan fingerprint density at radius 1 is 1.07 bits per heavy atom. The lowest BCUT2D eigenvalue weighted by Gasteiger charge is -2.37. The van der Waals surface area contributed by atoms with E-state index in [1.807, 2.05) is 24.8 Å². The van der Waals surface area contributed by atoms with Gasteiger partial charge in [-0.15, -0.1) is 0 Å². The van der Waals surface area contributed by atoms with Gasteiger partial charge in [-0.1, -0.05) is 12.1 Å². The Morgan fingerprint density at radius 3 is 2.39 bits per heavy atom. The standard InChI is InChI=1S/C28H30F3N7O3/c1-16-13-20(18(3)32-21-8-6-5-7-19(21)27(40)41)25-33-24(17(2)26(39)38(25)14-16)37-11-9-36(10-12-37)22-15-35(4)34-23(22)28(29,30)31/h5-8,13-15,18,32H,9-12H2,1-4H3,(H,40,41). The van der Waals surface area contributed by atoms with Crippen LogP contribution in [0.4, 0.5) is 30.4 Å². The Labute approximate surface area is 233 Å². The van der Waals surface area contributed by atoms with Crippen molar-refractivity contribution in [3.05, 3.63) is 81.0 Å². The molecular weight excluding hydrogens is 539 g/mol. The molecule has 0 radical (unpaired) electrons. The topological polar surface area (TPSA) is 108 Å². The molecule has 1 aliphatic heterocycles. The summed E-state index contributed by atoms with van der Waals surface area (Å²) in [5.41, 5.74) is 1.80. The molecule has 1 aromatic carbocycles. The summed E-state index contributed by atoms with van der Waals surface area (Å²) in [5.74, 6) is -0.588. The van der Waals surface area contributed by atoms with E-state index in [1.54, 1.807) is 36.2 Å². The number of rotatable bonds is 6. The normalized spacial score (nSPS) is 14.9. The van der Waals surface area contributed by atoms with Crippen molar-refractivity contribution in [2.45, 2.75) is 33.0 Å². The molecule has 1 fully saturated rings. The molecule has 0 saturated carbocycles. The molecule has 0 bridgehead atoms. The summed E-state index contributed by atoms with van der Waals surface area (Å²) in [6, 6.07) is 8.08. The number of benzene rings is 1. The molecule has 216 valence electrons. The van der Waals surface area contributed by atoms with E-state index in [0.29, 0.717) is 54.5 Å². The van der Waals surface area contributed by atoms with E-state index in [4.69, 9.17) is 4.98 Å². The number of carboxylic acids is 1. The first kappa shape index (κ1) is 28.0. The summed E-state index contributed by atoms with van der Waals surface area (Å²) in [6.07, 6.45) is -1.49. The fraction of sp³-hybridized carbons (Fsp3) is 0.357. The first-order valence-electron chi connectivity index (χ1n) is 13.1. The number of nitrogens with one attached hydrogen (secondary N) is 1. The second-order valence-electron chi connectivity index (χ2n) is 10.3. The zero-order valence-electron chi connectivity index (χ0n) is 23.0. The maximum absolute atomic E-state index is 13.5. The summed E-state index contributed by atoms with van der Waals surface area (Å²) in [4.78, 5) is 33.7. The Morgan fingerprint density at radius 2 is 1.73 bits per heavy atom. The average Bonchev–Trinajstić information content (AvgIpc) is 3.33. The van der Waals surface area contributed by atoms with Gasteiger partial charge < -0.3 is 20.2 Å². The van der Waals surface area contributed by atoms with Crippen LogP contribution in [0.15, 0.2) is 47.5 Å². The number of carboxylic acid groups (broad SMARTS) is 1. The number of para-hydroxylation sites is 1. The number of carbonyl (C=O) groups is 1. The van der Waals surface area contributed by atoms with E-state index in [-0.39, 0.29) is 16.8 Å². The van der Waals surface area contributed by atoms with Crippen molar-refractivity contribution < 1.29 is 23.1 Å². The SMILES string of the molecule is Cc1cc(C(C)Nc2ccccc2C(=O)O)c2nc(N3CCN(c4cn(C)nc4C(F)(F)F)CC3)c(C)c(=O)n2c1. The fourth-order valence-electron chi connectivity index (χ4n) is 5.29. The first-order valence-corrected chi connectivity index (χ1v) is 13.1. The number of anilines is 3. The smallest absolute Gasteiger partial charge is 0.437 e. The molecule has 1 saturated heterocycles. The third-order valence-corrected chi connectivity index (χ3v) is 7.28. The van der Waals surface area contributed by atoms with E-state index in [1.165, 1.54) is 23.7 Å². The van der Waals surface area contributed by atoms with Crippen LogP contribution < -0.4 is 20.7 Å². The van der Waals surface area contributed by atoms with Crippen LogP contribution in [0.5, 0.6) is 0 Å². The number of hydrogen-bond acceptors (Lipinski definition) is 7. The van der Waals surface area contributed by atoms with Crippen LogP contribution in [0.2, 0.25) is 0 Å². The number of alkyl halides is 3. The molecule has 4 heterocycles. The van der Waals surface area contributed by atoms with Gasteiger partial charge in [0.25, 0.3) is 5.56 Å². The number of halogens is 3. The van der Waals surface area contributed by atoms with E-state index < -0.39 is 23.9 Å². The van der Waals surface area contributed by atoms with E-state index in [0.717, 1.165) is 10.2 Å². The van der Waals surface area contributed by atoms with Crippen molar-refractivity contribution in [1.82, 2.24) is 19.2 Å². The fourth-order valence-corrected chi connectivity index (χ4v) is 5.29. The third-order valence-electron chi connectivity index (χ3n) is 7.28. The Kier molecular flexibility index (Phi) is 7.14. The molecule has 3 aromatic heterocycles. The number of piperazine rings is 1. The Bertz CT molecular complexity index is 1690. The molecule has 0 aliphatic carbocycles. The van der Waals surface area contributed by atoms with E-state index in [9.17, 15) is 27.9 Å². The summed E-state index contributed by atoms with van der Waals surface area (Å²) in [7, 11) is 1.46. The van der Waals surface area contributed by atoms with Crippen LogP contribution in [0.1, 0.15) is 45.7 Å². The molecular formula is C28H30F3N7O3. The molecule has 10 nitrogen and oxygen atoms in total. The summed E-state index contributed by atoms with van der Waals surface area (Å²) in [5, 5.41) is 16.5. The van der Waals surface area contributed by atoms with E-state index >= 15 is 0 Å². The predicted molar refractivity (Wildman–Crippen MR) is 149 cm³/mol. The van der Waals surface area contributed by atoms with Crippen molar-refractivity contribution in [3.8, 4) is 0 Å². The third kappa shape index (κ3) is 5.31. The van der Waals surface area contributed by atoms with Gasteiger partial charge in [0.1, 0.15) is 11.5 Å². The highest BCUT2D eigenvalue weighted by Crippen LogP contribution is 2.36. The summed E-state index contributed by atoms with van der Waals surface area (Å²) >= 11 is 0. The summed E-state index contributed by atoms with van der Waals surface area (Å²) < 4.78 is 43.3. The van der Waals surface area contributed by atoms with Gasteiger partial charge in [-0.2, -0.15) is 18.3 Å². The largest absolute Gasteiger partial charge is 0.478 e. The minimum absolute atomic E-state index is 0.0298. The highest BCUT2D eigenvalue weighted by Gasteiger charge is 2.39. The van der Waals surface area contributed by atoms with Crippen LogP contribution in [0.25, 0.3) is 5.65 Å². The van der Waals surface area contributed by atoms with Gasteiger partial charge >= 0.3 is 12.1 Å². The molecule has 1 atom stereocenters. The lowest BCUT2D eigenvalue weighted by molar-refractivity contribution is -0.141. The maximum Gasteiger partial charge on any atom is 0.437 e. The zero-order valence-corrected chi connectivity index (χ0v) is 23.0. The minimum Gasteiger partial charge on any atom is -0.478 e. The molecule has 1 unspecified atom stereocenters. The van der Waals surface area contributed by atoms with Gasteiger partial charge in [0, 0.05) is 56.9 Å². The van der Waals surface area contributed by atoms with Crippen LogP contribution in [0.3, 0.4) is 0 Å². The number of aromatic carboxylic acids is 1. The van der Waals surface area contributed by atoms with Crippen molar-refractivity contribution in [3.63, 3.8) is 0 Å². The van der Waals surface area contributed by atoms with Crippen molar-refractivity contribution in [1.29, 1.82) is 0 Å². The number of aromatic nitrogens is 4. The van der Waals surface area contributed by atoms with Gasteiger partial charge in [-0.05, 0) is 44.5 Å². The number of hydrogen-bond donors (Lipinski definition) is 2. The quantitative estimate of drug-likeness (QED) is 0.355. The number of nitrogens with zero attached hydrogens (tertiary/aromatic N) is 6. The second kappa shape index (κ2) is 10.5. The first-order chi connectivity index (χ1) is 19.3. The number of aryl methyl sites for hydroxylation is 2. The molecule has 1 aliphatic rings. The maximum atomic E-state index is 13.5. The second-order valence-corrected chi connectivity index (χ2v) is 10.3. The van der Waals surface area contributed by atoms with Gasteiger partial charge in [-0.3, -0.25) is 13.9 Å². The minimum atomic E-state index is -4.57. The molecule has 4 aromatic rings. The van der Waals surface area contributed by atoms with Crippen molar-refractivity contribution in [2.24, 2.45) is 7.05 Å². The number of pyridine rings is 1. The summed E-state index contributed by atoms with van der Waals surface area (Å²) in [6.45, 7) is 6.72. The highest BCUT2D eigenvalue weighted by molar-refractivity contribution is 5.94. The van der Waals surface area contributed by atoms with Crippen LogP contribution in [-0.2, 0) is 13.2 Å². The number of fused-ring (bicyclic) bond motifs is 1. The van der Waals surface area contributed by atoms with Gasteiger partial charge in [-0.25, -0.2) is 9.78 Å². The van der Waals surface area contributed by atoms with E-state index in [2.05, 4.69) is 10.4 Å². The van der Waals surface area contributed by atoms with Crippen molar-refractivity contribution >= 4 is 28.8 Å². The van der Waals surface area contributed by atoms with Gasteiger partial charge in [0.05, 0.1) is 22.9 Å². The Hall–Kier alpha value is -4.55. The molecule has 0 spiro atoms. The highest BCUT2D eigenvalue weighted by atomic mass is 19.4. The molecule has 41 heavy (non-hydrogen) atoms. The van der Waals surface area contributed by atoms with Crippen LogP contribution in [-0.4, -0.2) is 56.4 Å². The lowest BCUT2D eigenvalue weighted by atomic mass is 10.1. The molecule has 0 amide bonds. The average molecular weight is 570 g/mol. The van der Waals surface area contributed by atoms with Crippen LogP contribution >= 0.6 is 0 Å². The monoisotopic (exact) mass is 569 g/mol. The lowest BCUT2D eigenvalue weighted by Crippen LogP contribution is -2.48. The van der Waals surface area contributed by atoms with Gasteiger partial charge in [0.15, 0.2) is 5.69 Å². The Balaban J connectivity index is 1.48. The molecule has 13 heteroatoms. The van der Waals surface area contributed by atoms with Crippen LogP contribution in [0, 0.1) is 13.8 Å². The molecule has 5 rings (SSSR count). The predicted octanol–water partition coefficient (Wildman–Crippen LogP) is 4.26. The van der Waals surface area contributed by atoms with Crippen molar-refractivity contribution in [2.75, 3.05) is 41.3 Å². The molecule has 2 N–H and O–H groups in total. The van der Waals surface area contributed by atoms with Gasteiger partial charge in [0.2, 0.25) is 0 Å².